The highest BCUT2D eigenvalue weighted by molar-refractivity contribution is 5.71. The van der Waals surface area contributed by atoms with Gasteiger partial charge in [0.1, 0.15) is 5.75 Å². The Morgan fingerprint density at radius 2 is 1.65 bits per heavy atom. The Morgan fingerprint density at radius 1 is 0.962 bits per heavy atom. The van der Waals surface area contributed by atoms with Gasteiger partial charge in [-0.3, -0.25) is 0 Å². The van der Waals surface area contributed by atoms with E-state index in [4.69, 9.17) is 18.7 Å². The zero-order valence-corrected chi connectivity index (χ0v) is 14.6. The van der Waals surface area contributed by atoms with Crippen LogP contribution in [0.5, 0.6) is 23.0 Å². The van der Waals surface area contributed by atoms with Gasteiger partial charge in [-0.1, -0.05) is 23.4 Å². The summed E-state index contributed by atoms with van der Waals surface area (Å²) in [5.41, 5.74) is 1.29. The van der Waals surface area contributed by atoms with E-state index in [9.17, 15) is 5.11 Å². The third-order valence-corrected chi connectivity index (χ3v) is 3.69. The van der Waals surface area contributed by atoms with Crippen molar-refractivity contribution in [2.45, 2.75) is 0 Å². The van der Waals surface area contributed by atoms with Gasteiger partial charge in [0, 0.05) is 0 Å². The number of para-hydroxylation sites is 1. The van der Waals surface area contributed by atoms with E-state index in [2.05, 4.69) is 10.1 Å². The molecule has 0 spiro atoms. The molecule has 3 aromatic rings. The number of phenolic OH excluding ortho intramolecular Hbond substituents is 1. The number of methoxy groups -OCH3 is 3. The van der Waals surface area contributed by atoms with E-state index in [0.29, 0.717) is 28.6 Å². The van der Waals surface area contributed by atoms with Gasteiger partial charge in [0.05, 0.1) is 26.9 Å². The van der Waals surface area contributed by atoms with Crippen molar-refractivity contribution in [3.05, 3.63) is 47.8 Å². The van der Waals surface area contributed by atoms with Gasteiger partial charge < -0.3 is 23.8 Å². The van der Waals surface area contributed by atoms with Gasteiger partial charge in [-0.2, -0.15) is 4.98 Å². The molecule has 7 heteroatoms. The van der Waals surface area contributed by atoms with Crippen molar-refractivity contribution >= 4 is 12.2 Å². The van der Waals surface area contributed by atoms with Gasteiger partial charge in [-0.15, -0.1) is 0 Å². The molecule has 0 aliphatic carbocycles. The number of ether oxygens (including phenoxy) is 3. The molecule has 1 heterocycles. The van der Waals surface area contributed by atoms with Gasteiger partial charge in [0.2, 0.25) is 5.75 Å². The Morgan fingerprint density at radius 3 is 2.27 bits per heavy atom. The molecule has 1 N–H and O–H groups in total. The lowest BCUT2D eigenvalue weighted by Crippen LogP contribution is -1.95. The van der Waals surface area contributed by atoms with E-state index in [1.165, 1.54) is 0 Å². The molecule has 0 amide bonds. The SMILES string of the molecule is COc1cc(/C=C\c2noc(-c3ccccc3O)n2)cc(OC)c1OC. The molecule has 1 aromatic heterocycles. The maximum atomic E-state index is 9.86. The number of hydrogen-bond acceptors (Lipinski definition) is 7. The zero-order chi connectivity index (χ0) is 18.5. The van der Waals surface area contributed by atoms with Crippen molar-refractivity contribution in [2.75, 3.05) is 21.3 Å². The van der Waals surface area contributed by atoms with Crippen LogP contribution in [0.3, 0.4) is 0 Å². The Bertz CT molecular complexity index is 908. The first-order valence-electron chi connectivity index (χ1n) is 7.76. The van der Waals surface area contributed by atoms with Gasteiger partial charge in [0.25, 0.3) is 5.89 Å². The Kier molecular flexibility index (Phi) is 5.07. The second-order valence-corrected chi connectivity index (χ2v) is 5.27. The fraction of sp³-hybridized carbons (Fsp3) is 0.158. The van der Waals surface area contributed by atoms with Crippen LogP contribution >= 0.6 is 0 Å². The second-order valence-electron chi connectivity index (χ2n) is 5.27. The van der Waals surface area contributed by atoms with Gasteiger partial charge >= 0.3 is 0 Å². The number of benzene rings is 2. The molecular formula is C19H18N2O5. The maximum absolute atomic E-state index is 9.86. The van der Waals surface area contributed by atoms with E-state index in [-0.39, 0.29) is 11.6 Å². The summed E-state index contributed by atoms with van der Waals surface area (Å²) in [5.74, 6) is 2.32. The quantitative estimate of drug-likeness (QED) is 0.723. The third-order valence-electron chi connectivity index (χ3n) is 3.69. The Labute approximate surface area is 150 Å². The molecule has 134 valence electrons. The zero-order valence-electron chi connectivity index (χ0n) is 14.6. The Hall–Kier alpha value is -3.48. The summed E-state index contributed by atoms with van der Waals surface area (Å²) >= 11 is 0. The van der Waals surface area contributed by atoms with Crippen LogP contribution in [-0.4, -0.2) is 36.6 Å². The molecule has 0 radical (unpaired) electrons. The standard InChI is InChI=1S/C19H18N2O5/c1-23-15-10-12(11-16(24-2)18(15)25-3)8-9-17-20-19(26-21-17)13-6-4-5-7-14(13)22/h4-11,22H,1-3H3/b9-8-. The number of phenols is 1. The van der Waals surface area contributed by atoms with Gasteiger partial charge in [-0.05, 0) is 35.9 Å². The van der Waals surface area contributed by atoms with Crippen molar-refractivity contribution in [3.63, 3.8) is 0 Å². The molecule has 0 bridgehead atoms. The number of aromatic nitrogens is 2. The minimum Gasteiger partial charge on any atom is -0.507 e. The topological polar surface area (TPSA) is 86.8 Å². The fourth-order valence-electron chi connectivity index (χ4n) is 2.43. The summed E-state index contributed by atoms with van der Waals surface area (Å²) < 4.78 is 21.2. The minimum absolute atomic E-state index is 0.0799. The van der Waals surface area contributed by atoms with E-state index in [1.54, 1.807) is 57.7 Å². The smallest absolute Gasteiger partial charge is 0.261 e. The van der Waals surface area contributed by atoms with Crippen molar-refractivity contribution in [2.24, 2.45) is 0 Å². The first-order valence-corrected chi connectivity index (χ1v) is 7.76. The van der Waals surface area contributed by atoms with Crippen molar-refractivity contribution < 1.29 is 23.8 Å². The van der Waals surface area contributed by atoms with Crippen LogP contribution in [0.1, 0.15) is 11.4 Å². The average Bonchev–Trinajstić information content (AvgIpc) is 3.14. The first kappa shape index (κ1) is 17.3. The summed E-state index contributed by atoms with van der Waals surface area (Å²) in [5, 5.41) is 13.8. The highest BCUT2D eigenvalue weighted by Gasteiger charge is 2.13. The molecule has 2 aromatic carbocycles. The highest BCUT2D eigenvalue weighted by Crippen LogP contribution is 2.38. The minimum atomic E-state index is 0.0799. The van der Waals surface area contributed by atoms with Gasteiger partial charge in [0.15, 0.2) is 17.3 Å². The molecular weight excluding hydrogens is 336 g/mol. The van der Waals surface area contributed by atoms with Gasteiger partial charge in [-0.25, -0.2) is 0 Å². The van der Waals surface area contributed by atoms with Crippen LogP contribution in [-0.2, 0) is 0 Å². The lowest BCUT2D eigenvalue weighted by Gasteiger charge is -2.12. The van der Waals surface area contributed by atoms with Crippen LogP contribution in [0.2, 0.25) is 0 Å². The van der Waals surface area contributed by atoms with E-state index in [0.717, 1.165) is 5.56 Å². The molecule has 7 nitrogen and oxygen atoms in total. The monoisotopic (exact) mass is 354 g/mol. The van der Waals surface area contributed by atoms with Crippen molar-refractivity contribution in [3.8, 4) is 34.5 Å². The van der Waals surface area contributed by atoms with E-state index < -0.39 is 0 Å². The molecule has 0 saturated heterocycles. The van der Waals surface area contributed by atoms with Crippen LogP contribution in [0.4, 0.5) is 0 Å². The van der Waals surface area contributed by atoms with Crippen LogP contribution in [0.25, 0.3) is 23.6 Å². The molecule has 0 fully saturated rings. The van der Waals surface area contributed by atoms with Crippen LogP contribution < -0.4 is 14.2 Å². The largest absolute Gasteiger partial charge is 0.507 e. The molecule has 26 heavy (non-hydrogen) atoms. The summed E-state index contributed by atoms with van der Waals surface area (Å²) in [4.78, 5) is 4.26. The first-order chi connectivity index (χ1) is 12.7. The molecule has 0 saturated carbocycles. The Balaban J connectivity index is 1.88. The van der Waals surface area contributed by atoms with Crippen molar-refractivity contribution in [1.29, 1.82) is 0 Å². The average molecular weight is 354 g/mol. The molecule has 3 rings (SSSR count). The number of rotatable bonds is 6. The molecule has 0 aliphatic heterocycles. The molecule has 0 atom stereocenters. The summed E-state index contributed by atoms with van der Waals surface area (Å²) in [6.07, 6.45) is 3.48. The second kappa shape index (κ2) is 7.60. The number of nitrogens with zero attached hydrogens (tertiary/aromatic N) is 2. The molecule has 0 unspecified atom stereocenters. The fourth-order valence-corrected chi connectivity index (χ4v) is 2.43. The number of hydrogen-bond donors (Lipinski definition) is 1. The maximum Gasteiger partial charge on any atom is 0.261 e. The summed E-state index contributed by atoms with van der Waals surface area (Å²) in [7, 11) is 4.67. The summed E-state index contributed by atoms with van der Waals surface area (Å²) in [6.45, 7) is 0. The summed E-state index contributed by atoms with van der Waals surface area (Å²) in [6, 6.07) is 10.4. The van der Waals surface area contributed by atoms with E-state index in [1.807, 2.05) is 12.1 Å². The van der Waals surface area contributed by atoms with E-state index >= 15 is 0 Å². The number of aromatic hydroxyl groups is 1. The third kappa shape index (κ3) is 3.46. The predicted molar refractivity (Wildman–Crippen MR) is 96.4 cm³/mol. The molecule has 0 aliphatic rings. The normalized spacial score (nSPS) is 10.9. The van der Waals surface area contributed by atoms with Crippen LogP contribution in [0, 0.1) is 0 Å². The van der Waals surface area contributed by atoms with Crippen molar-refractivity contribution in [1.82, 2.24) is 10.1 Å². The van der Waals surface area contributed by atoms with Crippen LogP contribution in [0.15, 0.2) is 40.9 Å². The lowest BCUT2D eigenvalue weighted by atomic mass is 10.1. The highest BCUT2D eigenvalue weighted by atomic mass is 16.5. The predicted octanol–water partition coefficient (Wildman–Crippen LogP) is 3.64. The lowest BCUT2D eigenvalue weighted by molar-refractivity contribution is 0.324.